The van der Waals surface area contributed by atoms with E-state index < -0.39 is 12.1 Å². The van der Waals surface area contributed by atoms with E-state index in [1.54, 1.807) is 0 Å². The largest absolute Gasteiger partial charge is 0.488 e. The molecule has 0 bridgehead atoms. The first-order valence-corrected chi connectivity index (χ1v) is 6.00. The van der Waals surface area contributed by atoms with Crippen LogP contribution in [0.2, 0.25) is 0 Å². The number of hydrogen-bond donors (Lipinski definition) is 3. The molecule has 0 amide bonds. The lowest BCUT2D eigenvalue weighted by molar-refractivity contribution is -0.139. The molecule has 0 aliphatic carbocycles. The molecule has 1 heterocycles. The van der Waals surface area contributed by atoms with Crippen molar-refractivity contribution in [3.63, 3.8) is 0 Å². The van der Waals surface area contributed by atoms with Crippen LogP contribution in [0.4, 0.5) is 0 Å². The SMILES string of the molecule is O=C(O)CC(O)CNCC1Cc2ccccc2O1. The molecule has 2 rings (SSSR count). The van der Waals surface area contributed by atoms with E-state index in [-0.39, 0.29) is 19.1 Å². The lowest BCUT2D eigenvalue weighted by Gasteiger charge is -2.13. The Morgan fingerprint density at radius 1 is 1.50 bits per heavy atom. The molecule has 1 aromatic rings. The first-order valence-electron chi connectivity index (χ1n) is 6.00. The Kier molecular flexibility index (Phi) is 4.17. The van der Waals surface area contributed by atoms with Gasteiger partial charge in [-0.15, -0.1) is 0 Å². The van der Waals surface area contributed by atoms with Gasteiger partial charge in [-0.3, -0.25) is 4.79 Å². The number of aliphatic carboxylic acids is 1. The quantitative estimate of drug-likeness (QED) is 0.682. The Balaban J connectivity index is 1.69. The van der Waals surface area contributed by atoms with Gasteiger partial charge < -0.3 is 20.3 Å². The summed E-state index contributed by atoms with van der Waals surface area (Å²) in [7, 11) is 0. The molecule has 5 heteroatoms. The molecular formula is C13H17NO4. The standard InChI is InChI=1S/C13H17NO4/c15-10(6-13(16)17)7-14-8-11-5-9-3-1-2-4-12(9)18-11/h1-4,10-11,14-15H,5-8H2,(H,16,17). The van der Waals surface area contributed by atoms with Crippen LogP contribution in [-0.2, 0) is 11.2 Å². The molecule has 0 saturated heterocycles. The smallest absolute Gasteiger partial charge is 0.306 e. The number of ether oxygens (including phenoxy) is 1. The summed E-state index contributed by atoms with van der Waals surface area (Å²) in [6.07, 6.45) is -0.192. The summed E-state index contributed by atoms with van der Waals surface area (Å²) in [5, 5.41) is 20.9. The number of benzene rings is 1. The van der Waals surface area contributed by atoms with Crippen molar-refractivity contribution in [1.29, 1.82) is 0 Å². The first kappa shape index (κ1) is 12.9. The molecule has 0 radical (unpaired) electrons. The molecule has 0 spiro atoms. The van der Waals surface area contributed by atoms with E-state index in [0.29, 0.717) is 6.54 Å². The van der Waals surface area contributed by atoms with E-state index in [9.17, 15) is 9.90 Å². The lowest BCUT2D eigenvalue weighted by Crippen LogP contribution is -2.35. The Morgan fingerprint density at radius 2 is 2.28 bits per heavy atom. The van der Waals surface area contributed by atoms with Crippen LogP contribution in [-0.4, -0.2) is 41.5 Å². The topological polar surface area (TPSA) is 78.8 Å². The molecule has 5 nitrogen and oxygen atoms in total. The van der Waals surface area contributed by atoms with Crippen LogP contribution in [0.1, 0.15) is 12.0 Å². The van der Waals surface area contributed by atoms with Crippen molar-refractivity contribution in [2.75, 3.05) is 13.1 Å². The zero-order valence-electron chi connectivity index (χ0n) is 10.0. The predicted octanol–water partition coefficient (Wildman–Crippen LogP) is 0.415. The van der Waals surface area contributed by atoms with Gasteiger partial charge >= 0.3 is 5.97 Å². The summed E-state index contributed by atoms with van der Waals surface area (Å²) < 4.78 is 5.71. The fourth-order valence-electron chi connectivity index (χ4n) is 2.05. The third kappa shape index (κ3) is 3.45. The van der Waals surface area contributed by atoms with E-state index in [4.69, 9.17) is 9.84 Å². The minimum Gasteiger partial charge on any atom is -0.488 e. The molecule has 2 atom stereocenters. The van der Waals surface area contributed by atoms with Crippen molar-refractivity contribution in [3.05, 3.63) is 29.8 Å². The van der Waals surface area contributed by atoms with Gasteiger partial charge in [0, 0.05) is 19.5 Å². The molecule has 0 aromatic heterocycles. The number of hydrogen-bond acceptors (Lipinski definition) is 4. The molecule has 0 fully saturated rings. The van der Waals surface area contributed by atoms with Gasteiger partial charge in [-0.05, 0) is 11.6 Å². The Morgan fingerprint density at radius 3 is 3.00 bits per heavy atom. The monoisotopic (exact) mass is 251 g/mol. The summed E-state index contributed by atoms with van der Waals surface area (Å²) in [5.41, 5.74) is 1.19. The number of nitrogens with one attached hydrogen (secondary N) is 1. The van der Waals surface area contributed by atoms with E-state index in [2.05, 4.69) is 5.32 Å². The van der Waals surface area contributed by atoms with Crippen molar-refractivity contribution in [1.82, 2.24) is 5.32 Å². The maximum atomic E-state index is 10.4. The van der Waals surface area contributed by atoms with Gasteiger partial charge in [0.15, 0.2) is 0 Å². The molecular weight excluding hydrogens is 234 g/mol. The molecule has 2 unspecified atom stereocenters. The number of carbonyl (C=O) groups is 1. The fourth-order valence-corrected chi connectivity index (χ4v) is 2.05. The second-order valence-electron chi connectivity index (χ2n) is 4.46. The van der Waals surface area contributed by atoms with Crippen LogP contribution in [0.25, 0.3) is 0 Å². The van der Waals surface area contributed by atoms with Gasteiger partial charge in [-0.2, -0.15) is 0 Å². The van der Waals surface area contributed by atoms with Crippen molar-refractivity contribution < 1.29 is 19.7 Å². The maximum absolute atomic E-state index is 10.4. The highest BCUT2D eigenvalue weighted by molar-refractivity contribution is 5.67. The van der Waals surface area contributed by atoms with E-state index >= 15 is 0 Å². The maximum Gasteiger partial charge on any atom is 0.306 e. The molecule has 1 aliphatic heterocycles. The summed E-state index contributed by atoms with van der Waals surface area (Å²) in [4.78, 5) is 10.4. The lowest BCUT2D eigenvalue weighted by atomic mass is 10.1. The van der Waals surface area contributed by atoms with Crippen LogP contribution in [0.15, 0.2) is 24.3 Å². The number of aliphatic hydroxyl groups is 1. The summed E-state index contributed by atoms with van der Waals surface area (Å²) >= 11 is 0. The van der Waals surface area contributed by atoms with Crippen LogP contribution in [0.3, 0.4) is 0 Å². The third-order valence-electron chi connectivity index (χ3n) is 2.88. The molecule has 98 valence electrons. The summed E-state index contributed by atoms with van der Waals surface area (Å²) in [5.74, 6) is -0.0794. The molecule has 1 aromatic carbocycles. The number of para-hydroxylation sites is 1. The van der Waals surface area contributed by atoms with E-state index in [0.717, 1.165) is 12.2 Å². The van der Waals surface area contributed by atoms with Gasteiger partial charge in [-0.1, -0.05) is 18.2 Å². The highest BCUT2D eigenvalue weighted by atomic mass is 16.5. The fraction of sp³-hybridized carbons (Fsp3) is 0.462. The molecule has 18 heavy (non-hydrogen) atoms. The zero-order chi connectivity index (χ0) is 13.0. The number of fused-ring (bicyclic) bond motifs is 1. The van der Waals surface area contributed by atoms with Crippen LogP contribution in [0, 0.1) is 0 Å². The molecule has 3 N–H and O–H groups in total. The average Bonchev–Trinajstić information content (AvgIpc) is 2.70. The predicted molar refractivity (Wildman–Crippen MR) is 65.7 cm³/mol. The van der Waals surface area contributed by atoms with Gasteiger partial charge in [0.2, 0.25) is 0 Å². The number of aliphatic hydroxyl groups excluding tert-OH is 1. The second-order valence-corrected chi connectivity index (χ2v) is 4.46. The zero-order valence-corrected chi connectivity index (χ0v) is 10.0. The van der Waals surface area contributed by atoms with Crippen molar-refractivity contribution in [3.8, 4) is 5.75 Å². The van der Waals surface area contributed by atoms with Crippen LogP contribution in [0.5, 0.6) is 5.75 Å². The second kappa shape index (κ2) is 5.84. The van der Waals surface area contributed by atoms with Gasteiger partial charge in [-0.25, -0.2) is 0 Å². The van der Waals surface area contributed by atoms with Crippen LogP contribution >= 0.6 is 0 Å². The number of carboxylic acid groups (broad SMARTS) is 1. The minimum atomic E-state index is -0.992. The molecule has 1 aliphatic rings. The third-order valence-corrected chi connectivity index (χ3v) is 2.88. The Labute approximate surface area is 105 Å². The highest BCUT2D eigenvalue weighted by Gasteiger charge is 2.22. The van der Waals surface area contributed by atoms with Gasteiger partial charge in [0.1, 0.15) is 11.9 Å². The normalized spacial score (nSPS) is 19.1. The summed E-state index contributed by atoms with van der Waals surface area (Å²) in [6, 6.07) is 7.89. The summed E-state index contributed by atoms with van der Waals surface area (Å²) in [6.45, 7) is 0.869. The van der Waals surface area contributed by atoms with Gasteiger partial charge in [0.25, 0.3) is 0 Å². The van der Waals surface area contributed by atoms with E-state index in [1.165, 1.54) is 5.56 Å². The van der Waals surface area contributed by atoms with E-state index in [1.807, 2.05) is 24.3 Å². The van der Waals surface area contributed by atoms with Crippen molar-refractivity contribution >= 4 is 5.97 Å². The first-order chi connectivity index (χ1) is 8.65. The number of rotatable bonds is 6. The average molecular weight is 251 g/mol. The van der Waals surface area contributed by atoms with Gasteiger partial charge in [0.05, 0.1) is 12.5 Å². The van der Waals surface area contributed by atoms with Crippen molar-refractivity contribution in [2.45, 2.75) is 25.0 Å². The number of carboxylic acids is 1. The van der Waals surface area contributed by atoms with Crippen LogP contribution < -0.4 is 10.1 Å². The Bertz CT molecular complexity index is 396. The molecule has 0 saturated carbocycles. The van der Waals surface area contributed by atoms with Crippen molar-refractivity contribution in [2.24, 2.45) is 0 Å². The highest BCUT2D eigenvalue weighted by Crippen LogP contribution is 2.27. The Hall–Kier alpha value is -1.59. The minimum absolute atomic E-state index is 0.0550.